The quantitative estimate of drug-likeness (QED) is 0.865. The molecule has 0 unspecified atom stereocenters. The summed E-state index contributed by atoms with van der Waals surface area (Å²) < 4.78 is 27.0. The fourth-order valence-corrected chi connectivity index (χ4v) is 3.68. The molecular weight excluding hydrogens is 304 g/mol. The summed E-state index contributed by atoms with van der Waals surface area (Å²) in [4.78, 5) is 13.4. The highest BCUT2D eigenvalue weighted by Gasteiger charge is 2.24. The van der Waals surface area contributed by atoms with Crippen molar-refractivity contribution in [1.29, 1.82) is 0 Å². The molecule has 0 atom stereocenters. The Hall–Kier alpha value is -1.44. The van der Waals surface area contributed by atoms with E-state index in [1.165, 1.54) is 26.8 Å². The maximum atomic E-state index is 12.3. The van der Waals surface area contributed by atoms with E-state index in [0.29, 0.717) is 6.54 Å². The van der Waals surface area contributed by atoms with Gasteiger partial charge in [-0.2, -0.15) is 0 Å². The number of anilines is 1. The number of nitrogens with one attached hydrogen (secondary N) is 1. The molecule has 0 bridgehead atoms. The fraction of sp³-hybridized carbons (Fsp3) is 0.533. The molecule has 2 N–H and O–H groups in total. The SMILES string of the molecule is CC(=O)N1CCCc2cc(S(=O)(=O)NCC(C)(C)O)ccc21. The van der Waals surface area contributed by atoms with E-state index in [9.17, 15) is 18.3 Å². The van der Waals surface area contributed by atoms with Gasteiger partial charge in [-0.25, -0.2) is 13.1 Å². The van der Waals surface area contributed by atoms with Gasteiger partial charge in [-0.05, 0) is 50.5 Å². The number of benzene rings is 1. The van der Waals surface area contributed by atoms with Gasteiger partial charge in [0.15, 0.2) is 0 Å². The number of amides is 1. The van der Waals surface area contributed by atoms with Crippen molar-refractivity contribution >= 4 is 21.6 Å². The van der Waals surface area contributed by atoms with E-state index in [0.717, 1.165) is 24.1 Å². The molecule has 2 rings (SSSR count). The first-order valence-electron chi connectivity index (χ1n) is 7.23. The molecule has 0 saturated heterocycles. The molecule has 22 heavy (non-hydrogen) atoms. The second-order valence-corrected chi connectivity index (χ2v) is 7.97. The minimum Gasteiger partial charge on any atom is -0.389 e. The minimum atomic E-state index is -3.68. The van der Waals surface area contributed by atoms with Gasteiger partial charge < -0.3 is 10.0 Å². The molecule has 1 heterocycles. The summed E-state index contributed by atoms with van der Waals surface area (Å²) >= 11 is 0. The predicted octanol–water partition coefficient (Wildman–Crippen LogP) is 1.03. The van der Waals surface area contributed by atoms with Crippen LogP contribution >= 0.6 is 0 Å². The molecule has 0 aromatic heterocycles. The molecule has 7 heteroatoms. The topological polar surface area (TPSA) is 86.7 Å². The Morgan fingerprint density at radius 2 is 2.09 bits per heavy atom. The molecule has 0 fully saturated rings. The first kappa shape index (κ1) is 16.9. The average Bonchev–Trinajstić information content (AvgIpc) is 2.43. The summed E-state index contributed by atoms with van der Waals surface area (Å²) in [5, 5.41) is 9.64. The second kappa shape index (κ2) is 5.98. The number of sulfonamides is 1. The van der Waals surface area contributed by atoms with Crippen molar-refractivity contribution < 1.29 is 18.3 Å². The Morgan fingerprint density at radius 3 is 2.68 bits per heavy atom. The van der Waals surface area contributed by atoms with Crippen LogP contribution in [0.4, 0.5) is 5.69 Å². The number of nitrogens with zero attached hydrogens (tertiary/aromatic N) is 1. The lowest BCUT2D eigenvalue weighted by atomic mass is 10.0. The number of rotatable bonds is 4. The lowest BCUT2D eigenvalue weighted by Crippen LogP contribution is -2.38. The third kappa shape index (κ3) is 3.85. The van der Waals surface area contributed by atoms with Crippen LogP contribution in [0.3, 0.4) is 0 Å². The third-order valence-electron chi connectivity index (χ3n) is 3.55. The lowest BCUT2D eigenvalue weighted by Gasteiger charge is -2.29. The number of aliphatic hydroxyl groups is 1. The fourth-order valence-electron chi connectivity index (χ4n) is 2.42. The number of carbonyl (C=O) groups excluding carboxylic acids is 1. The van der Waals surface area contributed by atoms with Crippen molar-refractivity contribution in [1.82, 2.24) is 4.72 Å². The zero-order valence-corrected chi connectivity index (χ0v) is 13.9. The zero-order chi connectivity index (χ0) is 16.5. The van der Waals surface area contributed by atoms with Crippen LogP contribution in [0.25, 0.3) is 0 Å². The van der Waals surface area contributed by atoms with Crippen LogP contribution < -0.4 is 9.62 Å². The summed E-state index contributed by atoms with van der Waals surface area (Å²) in [5.41, 5.74) is 0.514. The predicted molar refractivity (Wildman–Crippen MR) is 84.3 cm³/mol. The largest absolute Gasteiger partial charge is 0.389 e. The molecule has 6 nitrogen and oxygen atoms in total. The highest BCUT2D eigenvalue weighted by molar-refractivity contribution is 7.89. The van der Waals surface area contributed by atoms with Crippen LogP contribution in [-0.2, 0) is 21.2 Å². The van der Waals surface area contributed by atoms with Gasteiger partial charge in [-0.15, -0.1) is 0 Å². The van der Waals surface area contributed by atoms with Crippen LogP contribution in [0.1, 0.15) is 32.8 Å². The summed E-state index contributed by atoms with van der Waals surface area (Å²) in [6.07, 6.45) is 1.56. The molecule has 0 radical (unpaired) electrons. The summed E-state index contributed by atoms with van der Waals surface area (Å²) in [6.45, 7) is 5.17. The van der Waals surface area contributed by atoms with E-state index >= 15 is 0 Å². The van der Waals surface area contributed by atoms with Crippen LogP contribution in [0.5, 0.6) is 0 Å². The monoisotopic (exact) mass is 326 g/mol. The molecule has 0 spiro atoms. The second-order valence-electron chi connectivity index (χ2n) is 6.20. The standard InChI is InChI=1S/C15H22N2O4S/c1-11(18)17-8-4-5-12-9-13(6-7-14(12)17)22(20,21)16-10-15(2,3)19/h6-7,9,16,19H,4-5,8,10H2,1-3H3. The maximum Gasteiger partial charge on any atom is 0.240 e. The summed E-state index contributed by atoms with van der Waals surface area (Å²) in [6, 6.07) is 4.78. The molecule has 1 aliphatic rings. The van der Waals surface area contributed by atoms with Gasteiger partial charge in [0.2, 0.25) is 15.9 Å². The number of aryl methyl sites for hydroxylation is 1. The zero-order valence-electron chi connectivity index (χ0n) is 13.1. The van der Waals surface area contributed by atoms with Crippen molar-refractivity contribution in [2.24, 2.45) is 0 Å². The van der Waals surface area contributed by atoms with E-state index in [1.807, 2.05) is 0 Å². The van der Waals surface area contributed by atoms with Crippen molar-refractivity contribution in [2.75, 3.05) is 18.0 Å². The van der Waals surface area contributed by atoms with Crippen LogP contribution in [0.2, 0.25) is 0 Å². The molecular formula is C15H22N2O4S. The Morgan fingerprint density at radius 1 is 1.41 bits per heavy atom. The third-order valence-corrected chi connectivity index (χ3v) is 4.95. The Balaban J connectivity index is 2.29. The summed E-state index contributed by atoms with van der Waals surface area (Å²) in [7, 11) is -3.68. The Labute approximate surface area is 131 Å². The van der Waals surface area contributed by atoms with Gasteiger partial charge in [-0.1, -0.05) is 0 Å². The van der Waals surface area contributed by atoms with Crippen LogP contribution in [-0.4, -0.2) is 38.1 Å². The van der Waals surface area contributed by atoms with Gasteiger partial charge >= 0.3 is 0 Å². The van der Waals surface area contributed by atoms with Crippen LogP contribution in [0, 0.1) is 0 Å². The van der Waals surface area contributed by atoms with Gasteiger partial charge in [0.25, 0.3) is 0 Å². The van der Waals surface area contributed by atoms with Crippen LogP contribution in [0.15, 0.2) is 23.1 Å². The maximum absolute atomic E-state index is 12.3. The van der Waals surface area contributed by atoms with E-state index in [2.05, 4.69) is 4.72 Å². The molecule has 0 saturated carbocycles. The van der Waals surface area contributed by atoms with Crippen molar-refractivity contribution in [3.05, 3.63) is 23.8 Å². The van der Waals surface area contributed by atoms with Crippen molar-refractivity contribution in [3.8, 4) is 0 Å². The first-order chi connectivity index (χ1) is 10.1. The van der Waals surface area contributed by atoms with Gasteiger partial charge in [0.05, 0.1) is 10.5 Å². The summed E-state index contributed by atoms with van der Waals surface area (Å²) in [5.74, 6) is -0.0447. The molecule has 1 amide bonds. The van der Waals surface area contributed by atoms with E-state index in [4.69, 9.17) is 0 Å². The molecule has 122 valence electrons. The van der Waals surface area contributed by atoms with Crippen molar-refractivity contribution in [3.63, 3.8) is 0 Å². The number of fused-ring (bicyclic) bond motifs is 1. The lowest BCUT2D eigenvalue weighted by molar-refractivity contribution is -0.116. The molecule has 1 aromatic carbocycles. The number of carbonyl (C=O) groups is 1. The molecule has 0 aliphatic carbocycles. The van der Waals surface area contributed by atoms with Gasteiger partial charge in [-0.3, -0.25) is 4.79 Å². The van der Waals surface area contributed by atoms with E-state index in [-0.39, 0.29) is 17.3 Å². The number of hydrogen-bond acceptors (Lipinski definition) is 4. The van der Waals surface area contributed by atoms with Crippen molar-refractivity contribution in [2.45, 2.75) is 44.1 Å². The van der Waals surface area contributed by atoms with Gasteiger partial charge in [0.1, 0.15) is 0 Å². The normalized spacial score (nSPS) is 15.5. The first-order valence-corrected chi connectivity index (χ1v) is 8.71. The van der Waals surface area contributed by atoms with Gasteiger partial charge in [0, 0.05) is 25.7 Å². The minimum absolute atomic E-state index is 0.0447. The molecule has 1 aliphatic heterocycles. The number of hydrogen-bond donors (Lipinski definition) is 2. The highest BCUT2D eigenvalue weighted by Crippen LogP contribution is 2.29. The highest BCUT2D eigenvalue weighted by atomic mass is 32.2. The van der Waals surface area contributed by atoms with E-state index in [1.54, 1.807) is 17.0 Å². The molecule has 1 aromatic rings. The Kier molecular flexibility index (Phi) is 4.60. The average molecular weight is 326 g/mol. The smallest absolute Gasteiger partial charge is 0.240 e. The Bertz CT molecular complexity index is 677. The van der Waals surface area contributed by atoms with E-state index < -0.39 is 15.6 Å².